The van der Waals surface area contributed by atoms with Gasteiger partial charge in [0.05, 0.1) is 5.56 Å². The van der Waals surface area contributed by atoms with Gasteiger partial charge in [-0.25, -0.2) is 9.78 Å². The molecule has 0 bridgehead atoms. The Morgan fingerprint density at radius 1 is 1.24 bits per heavy atom. The number of rotatable bonds is 4. The first-order valence-corrected chi connectivity index (χ1v) is 6.90. The summed E-state index contributed by atoms with van der Waals surface area (Å²) in [6, 6.07) is 9.98. The number of benzene rings is 1. The minimum absolute atomic E-state index is 0. The fraction of sp³-hybridized carbons (Fsp3) is 0.0714. The molecule has 0 saturated heterocycles. The zero-order valence-corrected chi connectivity index (χ0v) is 15.9. The molecule has 0 aliphatic rings. The summed E-state index contributed by atoms with van der Waals surface area (Å²) in [5, 5.41) is 9.52. The Bertz CT molecular complexity index is 672. The monoisotopic (exact) mass is 347 g/mol. The first-order valence-electron chi connectivity index (χ1n) is 5.70. The number of carboxylic acids is 1. The molecule has 2 aromatic rings. The summed E-state index contributed by atoms with van der Waals surface area (Å²) in [6.45, 7) is 0. The topological polar surface area (TPSA) is 67.3 Å². The van der Waals surface area contributed by atoms with Crippen LogP contribution < -0.4 is 51.4 Å². The van der Waals surface area contributed by atoms with Crippen LogP contribution >= 0.6 is 23.4 Å². The van der Waals surface area contributed by atoms with Gasteiger partial charge >= 0.3 is 57.4 Å². The fourth-order valence-electron chi connectivity index (χ4n) is 1.58. The van der Waals surface area contributed by atoms with E-state index in [1.165, 1.54) is 18.3 Å². The summed E-state index contributed by atoms with van der Waals surface area (Å²) in [5.41, 5.74) is 0.726. The molecule has 0 radical (unpaired) electrons. The van der Waals surface area contributed by atoms with Crippen molar-refractivity contribution >= 4 is 34.4 Å². The molecule has 2 rings (SSSR count). The van der Waals surface area contributed by atoms with Crippen molar-refractivity contribution in [2.75, 3.05) is 0 Å². The van der Waals surface area contributed by atoms with Crippen molar-refractivity contribution in [3.63, 3.8) is 0 Å². The average Bonchev–Trinajstić information content (AvgIpc) is 2.41. The van der Waals surface area contributed by atoms with Crippen molar-refractivity contribution in [3.8, 4) is 0 Å². The van der Waals surface area contributed by atoms with Crippen molar-refractivity contribution in [3.05, 3.63) is 58.7 Å². The maximum atomic E-state index is 12.0. The van der Waals surface area contributed by atoms with Gasteiger partial charge in [-0.3, -0.25) is 4.79 Å². The molecule has 0 amide bonds. The van der Waals surface area contributed by atoms with Gasteiger partial charge in [-0.1, -0.05) is 29.8 Å². The summed E-state index contributed by atoms with van der Waals surface area (Å²) >= 11 is 6.79. The van der Waals surface area contributed by atoms with Crippen LogP contribution in [0.2, 0.25) is 5.02 Å². The van der Waals surface area contributed by atoms with Gasteiger partial charge in [0.1, 0.15) is 5.03 Å². The second kappa shape index (κ2) is 9.04. The van der Waals surface area contributed by atoms with Crippen LogP contribution in [0.25, 0.3) is 0 Å². The van der Waals surface area contributed by atoms with E-state index >= 15 is 0 Å². The molecule has 7 heteroatoms. The fourth-order valence-corrected chi connectivity index (χ4v) is 2.60. The molecule has 1 aromatic heterocycles. The Balaban J connectivity index is 0.00000220. The van der Waals surface area contributed by atoms with Crippen LogP contribution in [0.1, 0.15) is 17.3 Å². The van der Waals surface area contributed by atoms with E-state index in [0.717, 1.165) is 11.8 Å². The Morgan fingerprint density at radius 2 is 1.95 bits per heavy atom. The summed E-state index contributed by atoms with van der Waals surface area (Å²) in [7, 11) is 0. The molecule has 0 spiro atoms. The largest absolute Gasteiger partial charge is 1.00 e. The zero-order chi connectivity index (χ0) is 14.5. The van der Waals surface area contributed by atoms with E-state index in [1.807, 2.05) is 0 Å². The van der Waals surface area contributed by atoms with E-state index in [9.17, 15) is 9.59 Å². The molecule has 104 valence electrons. The van der Waals surface area contributed by atoms with Crippen molar-refractivity contribution < 1.29 is 67.5 Å². The number of halogens is 1. The van der Waals surface area contributed by atoms with E-state index in [-0.39, 0.29) is 74.9 Å². The smallest absolute Gasteiger partial charge is 1.00 e. The number of carbonyl (C=O) groups excluding carboxylic acids is 1. The molecular formula is C14H11ClKNO3S. The van der Waals surface area contributed by atoms with Gasteiger partial charge in [-0.15, -0.1) is 0 Å². The van der Waals surface area contributed by atoms with Crippen LogP contribution in [0.15, 0.2) is 47.6 Å². The number of hydrogen-bond donors (Lipinski definition) is 1. The molecule has 0 fully saturated rings. The number of nitrogens with zero attached hydrogens (tertiary/aromatic N) is 1. The van der Waals surface area contributed by atoms with Crippen LogP contribution in [0.3, 0.4) is 0 Å². The van der Waals surface area contributed by atoms with Crippen molar-refractivity contribution in [1.29, 1.82) is 0 Å². The molecule has 1 aromatic carbocycles. The van der Waals surface area contributed by atoms with Crippen molar-refractivity contribution in [2.45, 2.75) is 11.4 Å². The van der Waals surface area contributed by atoms with Gasteiger partial charge in [0.25, 0.3) is 0 Å². The third-order valence-electron chi connectivity index (χ3n) is 2.50. The van der Waals surface area contributed by atoms with E-state index in [2.05, 4.69) is 4.98 Å². The summed E-state index contributed by atoms with van der Waals surface area (Å²) in [4.78, 5) is 26.9. The second-order valence-electron chi connectivity index (χ2n) is 3.90. The molecule has 21 heavy (non-hydrogen) atoms. The number of thioether (sulfide) groups is 1. The van der Waals surface area contributed by atoms with E-state index < -0.39 is 5.97 Å². The van der Waals surface area contributed by atoms with Crippen LogP contribution in [0.5, 0.6) is 0 Å². The predicted molar refractivity (Wildman–Crippen MR) is 78.3 cm³/mol. The number of hydrogen-bond acceptors (Lipinski definition) is 4. The van der Waals surface area contributed by atoms with Crippen LogP contribution in [0.4, 0.5) is 0 Å². The maximum absolute atomic E-state index is 12.0. The minimum Gasteiger partial charge on any atom is -1.00 e. The standard InChI is InChI=1S/C14H10ClNO3S.K.H/c15-11-6-2-1-4-9(11)8-12(17)20-13-10(14(18)19)5-3-7-16-13;;/h1-7H,8H2,(H,18,19);;/q;+1;-1. The number of pyridine rings is 1. The zero-order valence-electron chi connectivity index (χ0n) is 12.2. The number of aromatic carboxylic acids is 1. The number of aromatic nitrogens is 1. The molecule has 1 N–H and O–H groups in total. The third kappa shape index (κ3) is 5.48. The Labute approximate surface area is 175 Å². The van der Waals surface area contributed by atoms with E-state index in [1.54, 1.807) is 24.3 Å². The van der Waals surface area contributed by atoms with Gasteiger partial charge in [0.2, 0.25) is 0 Å². The molecule has 1 heterocycles. The maximum Gasteiger partial charge on any atom is 1.00 e. The molecule has 0 atom stereocenters. The summed E-state index contributed by atoms with van der Waals surface area (Å²) in [5.74, 6) is -1.11. The Hall–Kier alpha value is -0.214. The molecular weight excluding hydrogens is 337 g/mol. The quantitative estimate of drug-likeness (QED) is 0.641. The molecule has 0 saturated carbocycles. The summed E-state index contributed by atoms with van der Waals surface area (Å²) in [6.07, 6.45) is 1.58. The van der Waals surface area contributed by atoms with Gasteiger partial charge in [0.15, 0.2) is 5.12 Å². The van der Waals surface area contributed by atoms with E-state index in [4.69, 9.17) is 16.7 Å². The van der Waals surface area contributed by atoms with E-state index in [0.29, 0.717) is 10.6 Å². The third-order valence-corrected chi connectivity index (χ3v) is 3.76. The average molecular weight is 348 g/mol. The van der Waals surface area contributed by atoms with Crippen molar-refractivity contribution in [2.24, 2.45) is 0 Å². The van der Waals surface area contributed by atoms with Gasteiger partial charge in [-0.05, 0) is 35.5 Å². The first kappa shape index (κ1) is 18.8. The van der Waals surface area contributed by atoms with Crippen molar-refractivity contribution in [1.82, 2.24) is 4.98 Å². The second-order valence-corrected chi connectivity index (χ2v) is 5.36. The SMILES string of the molecule is O=C(Cc1ccccc1Cl)Sc1ncccc1C(=O)O.[H-].[K+]. The molecule has 0 unspecified atom stereocenters. The number of carbonyl (C=O) groups is 2. The Kier molecular flexibility index (Phi) is 8.11. The number of carboxylic acid groups (broad SMARTS) is 1. The minimum atomic E-state index is -1.11. The van der Waals surface area contributed by atoms with Crippen LogP contribution in [0, 0.1) is 0 Å². The van der Waals surface area contributed by atoms with Gasteiger partial charge in [-0.2, -0.15) is 0 Å². The molecule has 0 aliphatic heterocycles. The molecule has 4 nitrogen and oxygen atoms in total. The van der Waals surface area contributed by atoms with Gasteiger partial charge in [0, 0.05) is 17.6 Å². The molecule has 0 aliphatic carbocycles. The Morgan fingerprint density at radius 3 is 2.62 bits per heavy atom. The normalized spacial score (nSPS) is 9.76. The predicted octanol–water partition coefficient (Wildman–Crippen LogP) is 0.411. The van der Waals surface area contributed by atoms with Crippen LogP contribution in [-0.4, -0.2) is 21.2 Å². The van der Waals surface area contributed by atoms with Crippen LogP contribution in [-0.2, 0) is 11.2 Å². The summed E-state index contributed by atoms with van der Waals surface area (Å²) < 4.78 is 0. The first-order chi connectivity index (χ1) is 9.58. The van der Waals surface area contributed by atoms with Gasteiger partial charge < -0.3 is 6.53 Å².